The van der Waals surface area contributed by atoms with Crippen molar-refractivity contribution in [1.29, 1.82) is 0 Å². The summed E-state index contributed by atoms with van der Waals surface area (Å²) in [5.41, 5.74) is 7.00. The van der Waals surface area contributed by atoms with Crippen molar-refractivity contribution in [2.24, 2.45) is 5.73 Å². The molecule has 1 aliphatic rings. The zero-order valence-corrected chi connectivity index (χ0v) is 15.7. The van der Waals surface area contributed by atoms with E-state index in [-0.39, 0.29) is 16.8 Å². The van der Waals surface area contributed by atoms with Crippen LogP contribution in [0.4, 0.5) is 0 Å². The van der Waals surface area contributed by atoms with Crippen molar-refractivity contribution in [2.75, 3.05) is 7.05 Å². The van der Waals surface area contributed by atoms with E-state index in [1.54, 1.807) is 29.2 Å². The number of sulfonamides is 1. The molecule has 0 aromatic heterocycles. The summed E-state index contributed by atoms with van der Waals surface area (Å²) in [7, 11) is -2.20. The number of carbonyl (C=O) groups is 2. The van der Waals surface area contributed by atoms with Crippen LogP contribution in [0.3, 0.4) is 0 Å². The van der Waals surface area contributed by atoms with Crippen molar-refractivity contribution in [2.45, 2.75) is 30.3 Å². The first-order valence-corrected chi connectivity index (χ1v) is 10.0. The first kappa shape index (κ1) is 19.1. The largest absolute Gasteiger partial charge is 0.366 e. The summed E-state index contributed by atoms with van der Waals surface area (Å²) in [6.45, 7) is 0.416. The fraction of sp³-hybridized carbons (Fsp3) is 0.263. The molecule has 0 atom stereocenters. The Hall–Kier alpha value is -2.71. The van der Waals surface area contributed by atoms with E-state index in [1.807, 2.05) is 0 Å². The fourth-order valence-electron chi connectivity index (χ4n) is 2.78. The summed E-state index contributed by atoms with van der Waals surface area (Å²) < 4.78 is 25.9. The second-order valence-corrected chi connectivity index (χ2v) is 8.34. The maximum atomic E-state index is 12.9. The van der Waals surface area contributed by atoms with Crippen molar-refractivity contribution >= 4 is 21.8 Å². The maximum Gasteiger partial charge on any atom is 0.254 e. The highest BCUT2D eigenvalue weighted by Gasteiger charge is 2.33. The van der Waals surface area contributed by atoms with E-state index in [2.05, 4.69) is 4.72 Å². The van der Waals surface area contributed by atoms with Gasteiger partial charge in [0.15, 0.2) is 0 Å². The molecule has 0 saturated heterocycles. The van der Waals surface area contributed by atoms with Gasteiger partial charge < -0.3 is 10.6 Å². The van der Waals surface area contributed by atoms with Gasteiger partial charge in [-0.3, -0.25) is 9.59 Å². The van der Waals surface area contributed by atoms with Crippen molar-refractivity contribution < 1.29 is 18.0 Å². The molecular formula is C19H21N3O4S. The van der Waals surface area contributed by atoms with Crippen molar-refractivity contribution in [3.05, 3.63) is 65.2 Å². The van der Waals surface area contributed by atoms with E-state index in [1.165, 1.54) is 31.3 Å². The number of benzene rings is 2. The quantitative estimate of drug-likeness (QED) is 0.750. The molecule has 3 N–H and O–H groups in total. The van der Waals surface area contributed by atoms with Crippen LogP contribution in [-0.2, 0) is 16.6 Å². The lowest BCUT2D eigenvalue weighted by atomic mass is 10.1. The number of carbonyl (C=O) groups excluding carboxylic acids is 2. The smallest absolute Gasteiger partial charge is 0.254 e. The van der Waals surface area contributed by atoms with E-state index in [9.17, 15) is 18.0 Å². The lowest BCUT2D eigenvalue weighted by Gasteiger charge is -2.23. The van der Waals surface area contributed by atoms with Gasteiger partial charge in [0.1, 0.15) is 0 Å². The molecule has 142 valence electrons. The van der Waals surface area contributed by atoms with Gasteiger partial charge in [0, 0.05) is 23.7 Å². The number of amides is 2. The monoisotopic (exact) mass is 387 g/mol. The second-order valence-electron chi connectivity index (χ2n) is 6.46. The highest BCUT2D eigenvalue weighted by atomic mass is 32.2. The van der Waals surface area contributed by atoms with Crippen LogP contribution in [0, 0.1) is 0 Å². The molecule has 0 heterocycles. The van der Waals surface area contributed by atoms with Crippen LogP contribution in [-0.4, -0.2) is 38.2 Å². The number of nitrogens with zero attached hydrogens (tertiary/aromatic N) is 1. The number of nitrogens with one attached hydrogen (secondary N) is 1. The Morgan fingerprint density at radius 1 is 1.04 bits per heavy atom. The molecule has 1 aliphatic carbocycles. The van der Waals surface area contributed by atoms with Gasteiger partial charge in [0.05, 0.1) is 4.90 Å². The lowest BCUT2D eigenvalue weighted by Crippen LogP contribution is -2.32. The molecular weight excluding hydrogens is 366 g/mol. The highest BCUT2D eigenvalue weighted by Crippen LogP contribution is 2.30. The van der Waals surface area contributed by atoms with Gasteiger partial charge in [-0.1, -0.05) is 12.1 Å². The molecule has 27 heavy (non-hydrogen) atoms. The maximum absolute atomic E-state index is 12.9. The summed E-state index contributed by atoms with van der Waals surface area (Å²) in [5, 5.41) is 0. The molecule has 0 bridgehead atoms. The van der Waals surface area contributed by atoms with Gasteiger partial charge in [-0.15, -0.1) is 0 Å². The molecule has 2 amide bonds. The molecule has 0 aliphatic heterocycles. The summed E-state index contributed by atoms with van der Waals surface area (Å²) in [4.78, 5) is 26.0. The first-order chi connectivity index (χ1) is 12.8. The summed E-state index contributed by atoms with van der Waals surface area (Å²) in [5.74, 6) is -0.641. The predicted octanol–water partition coefficient (Wildman–Crippen LogP) is 1.50. The Morgan fingerprint density at radius 3 is 2.07 bits per heavy atom. The Morgan fingerprint density at radius 2 is 1.59 bits per heavy atom. The Bertz CT molecular complexity index is 949. The van der Waals surface area contributed by atoms with Crippen LogP contribution >= 0.6 is 0 Å². The van der Waals surface area contributed by atoms with Crippen LogP contribution in [0.1, 0.15) is 39.1 Å². The molecule has 8 heteroatoms. The van der Waals surface area contributed by atoms with Gasteiger partial charge in [-0.2, -0.15) is 0 Å². The number of nitrogens with two attached hydrogens (primary N) is 1. The minimum atomic E-state index is -3.54. The molecule has 1 fully saturated rings. The van der Waals surface area contributed by atoms with E-state index >= 15 is 0 Å². The SMILES string of the molecule is CNS(=O)(=O)c1ccc(C(=O)N(Cc2ccc(C(N)=O)cc2)C2CC2)cc1. The second kappa shape index (κ2) is 7.50. The number of hydrogen-bond donors (Lipinski definition) is 2. The zero-order chi connectivity index (χ0) is 19.6. The van der Waals surface area contributed by atoms with E-state index in [0.29, 0.717) is 17.7 Å². The summed E-state index contributed by atoms with van der Waals surface area (Å²) >= 11 is 0. The molecule has 2 aromatic carbocycles. The third-order valence-corrected chi connectivity index (χ3v) is 5.95. The standard InChI is InChI=1S/C19H21N3O4S/c1-21-27(25,26)17-10-6-15(7-11-17)19(24)22(16-8-9-16)12-13-2-4-14(5-3-13)18(20)23/h2-7,10-11,16,21H,8-9,12H2,1H3,(H2,20,23). The van der Waals surface area contributed by atoms with Crippen LogP contribution in [0.5, 0.6) is 0 Å². The number of hydrogen-bond acceptors (Lipinski definition) is 4. The van der Waals surface area contributed by atoms with Gasteiger partial charge in [-0.05, 0) is 61.9 Å². The van der Waals surface area contributed by atoms with Crippen molar-refractivity contribution in [3.8, 4) is 0 Å². The normalized spacial score (nSPS) is 14.0. The first-order valence-electron chi connectivity index (χ1n) is 8.55. The Labute approximate surface area is 158 Å². The van der Waals surface area contributed by atoms with Gasteiger partial charge in [-0.25, -0.2) is 13.1 Å². The zero-order valence-electron chi connectivity index (χ0n) is 14.9. The number of rotatable bonds is 7. The van der Waals surface area contributed by atoms with E-state index in [0.717, 1.165) is 18.4 Å². The lowest BCUT2D eigenvalue weighted by molar-refractivity contribution is 0.0729. The predicted molar refractivity (Wildman–Crippen MR) is 101 cm³/mol. The van der Waals surface area contributed by atoms with Crippen LogP contribution < -0.4 is 10.5 Å². The third-order valence-electron chi connectivity index (χ3n) is 4.52. The summed E-state index contributed by atoms with van der Waals surface area (Å²) in [6.07, 6.45) is 1.88. The van der Waals surface area contributed by atoms with Gasteiger partial charge >= 0.3 is 0 Å². The van der Waals surface area contributed by atoms with E-state index < -0.39 is 15.9 Å². The van der Waals surface area contributed by atoms with E-state index in [4.69, 9.17) is 5.73 Å². The molecule has 2 aromatic rings. The van der Waals surface area contributed by atoms with Crippen LogP contribution in [0.2, 0.25) is 0 Å². The molecule has 7 nitrogen and oxygen atoms in total. The van der Waals surface area contributed by atoms with Gasteiger partial charge in [0.2, 0.25) is 15.9 Å². The van der Waals surface area contributed by atoms with Crippen LogP contribution in [0.25, 0.3) is 0 Å². The molecule has 0 unspecified atom stereocenters. The summed E-state index contributed by atoms with van der Waals surface area (Å²) in [6, 6.07) is 12.9. The average molecular weight is 387 g/mol. The minimum absolute atomic E-state index is 0.113. The molecule has 3 rings (SSSR count). The van der Waals surface area contributed by atoms with Crippen molar-refractivity contribution in [3.63, 3.8) is 0 Å². The Kier molecular flexibility index (Phi) is 5.29. The average Bonchev–Trinajstić information content (AvgIpc) is 3.51. The molecule has 0 spiro atoms. The highest BCUT2D eigenvalue weighted by molar-refractivity contribution is 7.89. The third kappa shape index (κ3) is 4.35. The Balaban J connectivity index is 1.79. The number of primary amides is 1. The molecule has 1 saturated carbocycles. The fourth-order valence-corrected chi connectivity index (χ4v) is 3.51. The topological polar surface area (TPSA) is 110 Å². The van der Waals surface area contributed by atoms with Gasteiger partial charge in [0.25, 0.3) is 5.91 Å². The molecule has 0 radical (unpaired) electrons. The van der Waals surface area contributed by atoms with Crippen LogP contribution in [0.15, 0.2) is 53.4 Å². The van der Waals surface area contributed by atoms with Crippen molar-refractivity contribution in [1.82, 2.24) is 9.62 Å². The minimum Gasteiger partial charge on any atom is -0.366 e.